The second-order valence-corrected chi connectivity index (χ2v) is 11.7. The Labute approximate surface area is 234 Å². The molecular weight excluding hydrogens is 530 g/mol. The first-order valence-electron chi connectivity index (χ1n) is 13.7. The van der Waals surface area contributed by atoms with E-state index in [2.05, 4.69) is 21.9 Å². The van der Waals surface area contributed by atoms with Crippen LogP contribution in [0.1, 0.15) is 32.9 Å². The molecule has 1 fully saturated rings. The minimum atomic E-state index is -3.76. The first kappa shape index (κ1) is 27.9. The lowest BCUT2D eigenvalue weighted by molar-refractivity contribution is 0.196. The lowest BCUT2D eigenvalue weighted by Crippen LogP contribution is -2.48. The highest BCUT2D eigenvalue weighted by Gasteiger charge is 2.30. The smallest absolute Gasteiger partial charge is 0.280 e. The molecule has 0 radical (unpaired) electrons. The molecule has 4 heterocycles. The van der Waals surface area contributed by atoms with Crippen LogP contribution in [0.5, 0.6) is 5.75 Å². The summed E-state index contributed by atoms with van der Waals surface area (Å²) in [5, 5.41) is 4.66. The first-order valence-corrected chi connectivity index (χ1v) is 15.1. The summed E-state index contributed by atoms with van der Waals surface area (Å²) in [6.45, 7) is 9.57. The van der Waals surface area contributed by atoms with E-state index < -0.39 is 10.0 Å². The van der Waals surface area contributed by atoms with Crippen LogP contribution in [0.3, 0.4) is 0 Å². The zero-order valence-corrected chi connectivity index (χ0v) is 24.2. The standard InChI is InChI=1S/C28H35N7O4S/c1-5-18-39-23-12-11-20(40(37,38)34-16-14-33(7-3)15-17-34)19-21(23)27-30-25-22(6-2)31-35(24-10-8-9-13-29-24)26(25)28(36)32(27)4/h8-13,19H,5-7,14-18H2,1-4H3. The minimum Gasteiger partial charge on any atom is -0.493 e. The van der Waals surface area contributed by atoms with Gasteiger partial charge in [-0.3, -0.25) is 9.36 Å². The number of benzene rings is 1. The number of aromatic nitrogens is 5. The maximum absolute atomic E-state index is 13.8. The molecule has 1 aromatic carbocycles. The van der Waals surface area contributed by atoms with Gasteiger partial charge in [-0.15, -0.1) is 0 Å². The normalized spacial score (nSPS) is 15.1. The summed E-state index contributed by atoms with van der Waals surface area (Å²) in [6.07, 6.45) is 2.96. The molecule has 0 atom stereocenters. The lowest BCUT2D eigenvalue weighted by atomic mass is 10.1. The Balaban J connectivity index is 1.67. The number of sulfonamides is 1. The molecule has 5 rings (SSSR count). The van der Waals surface area contributed by atoms with Crippen molar-refractivity contribution in [1.29, 1.82) is 0 Å². The van der Waals surface area contributed by atoms with Gasteiger partial charge in [-0.2, -0.15) is 9.40 Å². The van der Waals surface area contributed by atoms with Crippen LogP contribution in [0, 0.1) is 0 Å². The maximum atomic E-state index is 13.8. The van der Waals surface area contributed by atoms with E-state index in [9.17, 15) is 13.2 Å². The van der Waals surface area contributed by atoms with Gasteiger partial charge in [0.15, 0.2) is 11.3 Å². The van der Waals surface area contributed by atoms with E-state index in [-0.39, 0.29) is 10.5 Å². The number of hydrogen-bond donors (Lipinski definition) is 0. The third-order valence-electron chi connectivity index (χ3n) is 7.24. The molecule has 0 amide bonds. The van der Waals surface area contributed by atoms with Gasteiger partial charge in [0.1, 0.15) is 17.1 Å². The quantitative estimate of drug-likeness (QED) is 0.304. The Morgan fingerprint density at radius 1 is 1.02 bits per heavy atom. The summed E-state index contributed by atoms with van der Waals surface area (Å²) < 4.78 is 37.8. The third kappa shape index (κ3) is 5.02. The van der Waals surface area contributed by atoms with Crippen LogP contribution in [0.15, 0.2) is 52.3 Å². The van der Waals surface area contributed by atoms with Crippen molar-refractivity contribution in [2.45, 2.75) is 38.5 Å². The Kier molecular flexibility index (Phi) is 8.02. The van der Waals surface area contributed by atoms with Gasteiger partial charge in [-0.25, -0.2) is 23.1 Å². The molecule has 0 spiro atoms. The number of nitrogens with zero attached hydrogens (tertiary/aromatic N) is 7. The van der Waals surface area contributed by atoms with Gasteiger partial charge in [-0.1, -0.05) is 26.8 Å². The molecule has 0 aliphatic carbocycles. The number of likely N-dealkylation sites (N-methyl/N-ethyl adjacent to an activating group) is 1. The van der Waals surface area contributed by atoms with Gasteiger partial charge < -0.3 is 9.64 Å². The number of rotatable bonds is 9. The molecule has 0 bridgehead atoms. The van der Waals surface area contributed by atoms with Crippen LogP contribution in [0.25, 0.3) is 28.2 Å². The van der Waals surface area contributed by atoms with Crippen LogP contribution in [0.4, 0.5) is 0 Å². The SMILES string of the molecule is CCCOc1ccc(S(=O)(=O)N2CCN(CC)CC2)cc1-c1nc2c(CC)nn(-c3ccccn3)c2c(=O)n1C. The largest absolute Gasteiger partial charge is 0.493 e. The number of ether oxygens (including phenoxy) is 1. The molecule has 0 N–H and O–H groups in total. The van der Waals surface area contributed by atoms with Gasteiger partial charge >= 0.3 is 0 Å². The second kappa shape index (κ2) is 11.5. The Bertz CT molecular complexity index is 1670. The number of piperazine rings is 1. The van der Waals surface area contributed by atoms with Crippen molar-refractivity contribution in [3.8, 4) is 23.0 Å². The maximum Gasteiger partial charge on any atom is 0.280 e. The highest BCUT2D eigenvalue weighted by atomic mass is 32.2. The van der Waals surface area contributed by atoms with E-state index >= 15 is 0 Å². The fourth-order valence-corrected chi connectivity index (χ4v) is 6.39. The molecule has 212 valence electrons. The van der Waals surface area contributed by atoms with E-state index in [0.717, 1.165) is 13.0 Å². The van der Waals surface area contributed by atoms with Gasteiger partial charge in [-0.05, 0) is 49.7 Å². The molecule has 0 saturated carbocycles. The van der Waals surface area contributed by atoms with Crippen molar-refractivity contribution >= 4 is 21.1 Å². The number of fused-ring (bicyclic) bond motifs is 1. The summed E-state index contributed by atoms with van der Waals surface area (Å²) in [4.78, 5) is 25.5. The number of hydrogen-bond acceptors (Lipinski definition) is 8. The molecule has 12 heteroatoms. The van der Waals surface area contributed by atoms with Crippen molar-refractivity contribution in [2.24, 2.45) is 7.05 Å². The summed E-state index contributed by atoms with van der Waals surface area (Å²) in [7, 11) is -2.14. The molecule has 1 saturated heterocycles. The Morgan fingerprint density at radius 3 is 2.45 bits per heavy atom. The van der Waals surface area contributed by atoms with Gasteiger partial charge in [0, 0.05) is 39.4 Å². The molecule has 3 aromatic heterocycles. The minimum absolute atomic E-state index is 0.144. The van der Waals surface area contributed by atoms with Crippen LogP contribution in [0.2, 0.25) is 0 Å². The van der Waals surface area contributed by atoms with Crippen LogP contribution in [-0.4, -0.2) is 81.3 Å². The average molecular weight is 566 g/mol. The van der Waals surface area contributed by atoms with E-state index in [0.29, 0.717) is 78.9 Å². The molecule has 0 unspecified atom stereocenters. The monoisotopic (exact) mass is 565 g/mol. The van der Waals surface area contributed by atoms with E-state index in [1.165, 1.54) is 13.6 Å². The molecule has 4 aromatic rings. The highest BCUT2D eigenvalue weighted by molar-refractivity contribution is 7.89. The predicted molar refractivity (Wildman–Crippen MR) is 153 cm³/mol. The van der Waals surface area contributed by atoms with Gasteiger partial charge in [0.25, 0.3) is 5.56 Å². The number of aryl methyl sites for hydroxylation is 1. The Hall–Kier alpha value is -3.61. The highest BCUT2D eigenvalue weighted by Crippen LogP contribution is 2.33. The summed E-state index contributed by atoms with van der Waals surface area (Å²) >= 11 is 0. The Morgan fingerprint density at radius 2 is 1.80 bits per heavy atom. The molecule has 40 heavy (non-hydrogen) atoms. The van der Waals surface area contributed by atoms with E-state index in [4.69, 9.17) is 9.72 Å². The van der Waals surface area contributed by atoms with Gasteiger partial charge in [0.05, 0.1) is 22.8 Å². The zero-order chi connectivity index (χ0) is 28.4. The van der Waals surface area contributed by atoms with Crippen LogP contribution >= 0.6 is 0 Å². The predicted octanol–water partition coefficient (Wildman–Crippen LogP) is 2.86. The van der Waals surface area contributed by atoms with E-state index in [1.54, 1.807) is 43.6 Å². The zero-order valence-electron chi connectivity index (χ0n) is 23.4. The van der Waals surface area contributed by atoms with Crippen molar-refractivity contribution in [3.63, 3.8) is 0 Å². The molecular formula is C28H35N7O4S. The van der Waals surface area contributed by atoms with Crippen LogP contribution in [-0.2, 0) is 23.5 Å². The summed E-state index contributed by atoms with van der Waals surface area (Å²) in [5.41, 5.74) is 1.54. The first-order chi connectivity index (χ1) is 19.3. The van der Waals surface area contributed by atoms with Crippen molar-refractivity contribution in [3.05, 3.63) is 58.6 Å². The van der Waals surface area contributed by atoms with E-state index in [1.807, 2.05) is 19.9 Å². The van der Waals surface area contributed by atoms with Crippen molar-refractivity contribution in [1.82, 2.24) is 33.5 Å². The molecule has 1 aliphatic heterocycles. The third-order valence-corrected chi connectivity index (χ3v) is 9.14. The molecule has 1 aliphatic rings. The van der Waals surface area contributed by atoms with Crippen molar-refractivity contribution < 1.29 is 13.2 Å². The molecule has 11 nitrogen and oxygen atoms in total. The fraction of sp³-hybridized carbons (Fsp3) is 0.429. The summed E-state index contributed by atoms with van der Waals surface area (Å²) in [6, 6.07) is 10.2. The average Bonchev–Trinajstić information content (AvgIpc) is 3.37. The van der Waals surface area contributed by atoms with Crippen LogP contribution < -0.4 is 10.3 Å². The number of pyridine rings is 1. The topological polar surface area (TPSA) is 115 Å². The fourth-order valence-electron chi connectivity index (χ4n) is 4.94. The second-order valence-electron chi connectivity index (χ2n) is 9.74. The summed E-state index contributed by atoms with van der Waals surface area (Å²) in [5.74, 6) is 1.29. The van der Waals surface area contributed by atoms with Crippen molar-refractivity contribution in [2.75, 3.05) is 39.3 Å². The lowest BCUT2D eigenvalue weighted by Gasteiger charge is -2.33. The van der Waals surface area contributed by atoms with Gasteiger partial charge in [0.2, 0.25) is 10.0 Å².